The number of nitrogens with zero attached hydrogens (tertiary/aromatic N) is 1. The fourth-order valence-electron chi connectivity index (χ4n) is 2.42. The van der Waals surface area contributed by atoms with Crippen LogP contribution in [0.3, 0.4) is 0 Å². The molecule has 1 aromatic rings. The number of rotatable bonds is 4. The van der Waals surface area contributed by atoms with Crippen molar-refractivity contribution in [2.45, 2.75) is 32.3 Å². The smallest absolute Gasteiger partial charge is 0.296 e. The van der Waals surface area contributed by atoms with Crippen LogP contribution in [0.15, 0.2) is 18.2 Å². The van der Waals surface area contributed by atoms with Crippen molar-refractivity contribution in [3.05, 3.63) is 23.8 Å². The van der Waals surface area contributed by atoms with Gasteiger partial charge in [0.1, 0.15) is 17.4 Å². The van der Waals surface area contributed by atoms with E-state index in [1.54, 1.807) is 12.1 Å². The molecule has 0 heterocycles. The van der Waals surface area contributed by atoms with Crippen molar-refractivity contribution in [3.8, 4) is 11.8 Å². The van der Waals surface area contributed by atoms with Gasteiger partial charge in [0, 0.05) is 0 Å². The highest BCUT2D eigenvalue weighted by molar-refractivity contribution is 7.90. The fraction of sp³-hybridized carbons (Fsp3) is 0.462. The summed E-state index contributed by atoms with van der Waals surface area (Å²) in [5.74, 6) is 0.997. The van der Waals surface area contributed by atoms with Crippen LogP contribution in [0.4, 0.5) is 5.69 Å². The van der Waals surface area contributed by atoms with Gasteiger partial charge in [0.05, 0.1) is 11.8 Å². The van der Waals surface area contributed by atoms with Crippen molar-refractivity contribution >= 4 is 15.9 Å². The average Bonchev–Trinajstić information content (AvgIpc) is 2.73. The molecule has 0 saturated heterocycles. The molecule has 7 heteroatoms. The molecule has 1 saturated carbocycles. The SMILES string of the molecule is CC1CCC(Oc2cccc(NS(N)(=O)=O)c2C#N)C1. The summed E-state index contributed by atoms with van der Waals surface area (Å²) in [6.07, 6.45) is 3.06. The van der Waals surface area contributed by atoms with E-state index in [0.29, 0.717) is 11.7 Å². The zero-order chi connectivity index (χ0) is 14.8. The Bertz CT molecular complexity index is 637. The molecule has 1 fully saturated rings. The van der Waals surface area contributed by atoms with Gasteiger partial charge in [0.25, 0.3) is 10.2 Å². The summed E-state index contributed by atoms with van der Waals surface area (Å²) in [4.78, 5) is 0. The predicted octanol–water partition coefficient (Wildman–Crippen LogP) is 1.74. The Kier molecular flexibility index (Phi) is 4.16. The van der Waals surface area contributed by atoms with Crippen LogP contribution >= 0.6 is 0 Å². The second-order valence-electron chi connectivity index (χ2n) is 5.10. The highest BCUT2D eigenvalue weighted by Gasteiger charge is 2.24. The largest absolute Gasteiger partial charge is 0.489 e. The molecule has 1 aromatic carbocycles. The van der Waals surface area contributed by atoms with Crippen molar-refractivity contribution < 1.29 is 13.2 Å². The summed E-state index contributed by atoms with van der Waals surface area (Å²) in [5.41, 5.74) is 0.291. The highest BCUT2D eigenvalue weighted by Crippen LogP contribution is 2.32. The molecular weight excluding hydrogens is 278 g/mol. The summed E-state index contributed by atoms with van der Waals surface area (Å²) in [7, 11) is -3.92. The van der Waals surface area contributed by atoms with Crippen LogP contribution in [0.5, 0.6) is 5.75 Å². The van der Waals surface area contributed by atoms with E-state index >= 15 is 0 Å². The fourth-order valence-corrected chi connectivity index (χ4v) is 2.90. The molecule has 2 unspecified atom stereocenters. The number of nitrogens with two attached hydrogens (primary N) is 1. The maximum atomic E-state index is 11.1. The lowest BCUT2D eigenvalue weighted by atomic mass is 10.1. The van der Waals surface area contributed by atoms with Gasteiger partial charge in [-0.2, -0.15) is 13.7 Å². The molecule has 0 bridgehead atoms. The Hall–Kier alpha value is -1.78. The Labute approximate surface area is 118 Å². The lowest BCUT2D eigenvalue weighted by Gasteiger charge is -2.16. The van der Waals surface area contributed by atoms with Gasteiger partial charge in [-0.1, -0.05) is 13.0 Å². The van der Waals surface area contributed by atoms with E-state index in [1.165, 1.54) is 6.07 Å². The normalized spacial score (nSPS) is 22.2. The second-order valence-corrected chi connectivity index (χ2v) is 6.39. The predicted molar refractivity (Wildman–Crippen MR) is 75.3 cm³/mol. The first-order valence-electron chi connectivity index (χ1n) is 6.39. The second kappa shape index (κ2) is 5.69. The molecule has 0 aromatic heterocycles. The Balaban J connectivity index is 2.25. The van der Waals surface area contributed by atoms with Crippen LogP contribution < -0.4 is 14.6 Å². The molecule has 20 heavy (non-hydrogen) atoms. The molecule has 1 aliphatic rings. The molecule has 0 aliphatic heterocycles. The first-order chi connectivity index (χ1) is 9.39. The van der Waals surface area contributed by atoms with Crippen molar-refractivity contribution in [1.29, 1.82) is 5.26 Å². The first-order valence-corrected chi connectivity index (χ1v) is 7.94. The Morgan fingerprint density at radius 1 is 1.45 bits per heavy atom. The molecule has 2 atom stereocenters. The number of benzene rings is 1. The molecule has 0 spiro atoms. The van der Waals surface area contributed by atoms with Gasteiger partial charge in [0.2, 0.25) is 0 Å². The van der Waals surface area contributed by atoms with Crippen molar-refractivity contribution in [3.63, 3.8) is 0 Å². The van der Waals surface area contributed by atoms with Gasteiger partial charge in [-0.05, 0) is 37.3 Å². The van der Waals surface area contributed by atoms with E-state index in [-0.39, 0.29) is 17.4 Å². The standard InChI is InChI=1S/C13H17N3O3S/c1-9-5-6-10(7-9)19-13-4-2-3-12(11(13)8-14)16-20(15,17)18/h2-4,9-10,16H,5-7H2,1H3,(H2,15,17,18). The number of anilines is 1. The molecule has 0 amide bonds. The minimum absolute atomic E-state index is 0.0711. The third-order valence-corrected chi connectivity index (χ3v) is 3.84. The van der Waals surface area contributed by atoms with Gasteiger partial charge in [0.15, 0.2) is 0 Å². The maximum Gasteiger partial charge on any atom is 0.296 e. The zero-order valence-corrected chi connectivity index (χ0v) is 12.0. The molecule has 2 rings (SSSR count). The third kappa shape index (κ3) is 3.62. The van der Waals surface area contributed by atoms with E-state index in [9.17, 15) is 13.7 Å². The molecule has 3 N–H and O–H groups in total. The molecule has 108 valence electrons. The van der Waals surface area contributed by atoms with Crippen LogP contribution in [-0.4, -0.2) is 14.5 Å². The maximum absolute atomic E-state index is 11.1. The minimum atomic E-state index is -3.92. The van der Waals surface area contributed by atoms with Crippen molar-refractivity contribution in [1.82, 2.24) is 0 Å². The van der Waals surface area contributed by atoms with Crippen LogP contribution in [-0.2, 0) is 10.2 Å². The Morgan fingerprint density at radius 2 is 2.20 bits per heavy atom. The van der Waals surface area contributed by atoms with Crippen LogP contribution in [0.25, 0.3) is 0 Å². The highest BCUT2D eigenvalue weighted by atomic mass is 32.2. The van der Waals surface area contributed by atoms with Gasteiger partial charge >= 0.3 is 0 Å². The molecular formula is C13H17N3O3S. The van der Waals surface area contributed by atoms with Crippen molar-refractivity contribution in [2.24, 2.45) is 11.1 Å². The van der Waals surface area contributed by atoms with E-state index in [4.69, 9.17) is 9.88 Å². The van der Waals surface area contributed by atoms with Gasteiger partial charge in [-0.15, -0.1) is 0 Å². The van der Waals surface area contributed by atoms with E-state index in [2.05, 4.69) is 11.6 Å². The van der Waals surface area contributed by atoms with Crippen LogP contribution in [0.2, 0.25) is 0 Å². The first kappa shape index (κ1) is 14.6. The summed E-state index contributed by atoms with van der Waals surface area (Å²) >= 11 is 0. The lowest BCUT2D eigenvalue weighted by Crippen LogP contribution is -2.22. The van der Waals surface area contributed by atoms with Crippen LogP contribution in [0, 0.1) is 17.2 Å². The summed E-state index contributed by atoms with van der Waals surface area (Å²) in [5, 5.41) is 14.2. The van der Waals surface area contributed by atoms with Gasteiger partial charge in [-0.3, -0.25) is 4.72 Å². The zero-order valence-electron chi connectivity index (χ0n) is 11.2. The summed E-state index contributed by atoms with van der Waals surface area (Å²) in [6.45, 7) is 2.16. The number of nitrogens with one attached hydrogen (secondary N) is 1. The van der Waals surface area contributed by atoms with Gasteiger partial charge < -0.3 is 4.74 Å². The topological polar surface area (TPSA) is 105 Å². The van der Waals surface area contributed by atoms with Crippen LogP contribution in [0.1, 0.15) is 31.7 Å². The minimum Gasteiger partial charge on any atom is -0.489 e. The lowest BCUT2D eigenvalue weighted by molar-refractivity contribution is 0.205. The third-order valence-electron chi connectivity index (χ3n) is 3.33. The molecule has 1 aliphatic carbocycles. The average molecular weight is 295 g/mol. The van der Waals surface area contributed by atoms with E-state index in [1.807, 2.05) is 6.07 Å². The summed E-state index contributed by atoms with van der Waals surface area (Å²) < 4.78 is 30.1. The number of ether oxygens (including phenoxy) is 1. The van der Waals surface area contributed by atoms with Gasteiger partial charge in [-0.25, -0.2) is 5.14 Å². The number of hydrogen-bond acceptors (Lipinski definition) is 4. The van der Waals surface area contributed by atoms with E-state index < -0.39 is 10.2 Å². The van der Waals surface area contributed by atoms with E-state index in [0.717, 1.165) is 19.3 Å². The Morgan fingerprint density at radius 3 is 2.75 bits per heavy atom. The number of nitriles is 1. The quantitative estimate of drug-likeness (QED) is 0.882. The summed E-state index contributed by atoms with van der Waals surface area (Å²) in [6, 6.07) is 6.73. The van der Waals surface area contributed by atoms with Crippen molar-refractivity contribution in [2.75, 3.05) is 4.72 Å². The molecule has 0 radical (unpaired) electrons. The molecule has 6 nitrogen and oxygen atoms in total. The monoisotopic (exact) mass is 295 g/mol. The number of hydrogen-bond donors (Lipinski definition) is 2.